The normalized spacial score (nSPS) is 21.9. The van der Waals surface area contributed by atoms with Crippen molar-refractivity contribution in [1.82, 2.24) is 9.21 Å². The Labute approximate surface area is 115 Å². The fraction of sp³-hybridized carbons (Fsp3) is 0.417. The summed E-state index contributed by atoms with van der Waals surface area (Å²) in [6.45, 7) is 0.453. The van der Waals surface area contributed by atoms with E-state index in [1.165, 1.54) is 23.1 Å². The predicted molar refractivity (Wildman–Crippen MR) is 67.0 cm³/mol. The SMILES string of the molecule is CN1CC2(CN(S(=O)(=O)c3ccccc3F)C2)OC1=O. The van der Waals surface area contributed by atoms with Gasteiger partial charge < -0.3 is 9.64 Å². The molecule has 2 fully saturated rings. The molecule has 0 aromatic heterocycles. The number of carbonyl (C=O) groups is 1. The Morgan fingerprint density at radius 3 is 2.45 bits per heavy atom. The molecule has 0 N–H and O–H groups in total. The maximum atomic E-state index is 13.6. The van der Waals surface area contributed by atoms with Crippen molar-refractivity contribution in [3.63, 3.8) is 0 Å². The Bertz CT molecular complexity index is 670. The van der Waals surface area contributed by atoms with Crippen molar-refractivity contribution in [2.24, 2.45) is 0 Å². The molecule has 6 nitrogen and oxygen atoms in total. The van der Waals surface area contributed by atoms with Crippen LogP contribution in [0.5, 0.6) is 0 Å². The summed E-state index contributed by atoms with van der Waals surface area (Å²) in [5.74, 6) is -0.783. The zero-order valence-electron chi connectivity index (χ0n) is 10.7. The van der Waals surface area contributed by atoms with E-state index in [0.717, 1.165) is 10.4 Å². The lowest BCUT2D eigenvalue weighted by Crippen LogP contribution is -2.65. The van der Waals surface area contributed by atoms with Crippen molar-refractivity contribution in [2.45, 2.75) is 10.5 Å². The largest absolute Gasteiger partial charge is 0.438 e. The zero-order chi connectivity index (χ0) is 14.5. The molecule has 20 heavy (non-hydrogen) atoms. The van der Waals surface area contributed by atoms with Crippen LogP contribution in [0, 0.1) is 5.82 Å². The third-order valence-corrected chi connectivity index (χ3v) is 5.35. The van der Waals surface area contributed by atoms with Crippen LogP contribution < -0.4 is 0 Å². The van der Waals surface area contributed by atoms with Gasteiger partial charge in [-0.2, -0.15) is 4.31 Å². The summed E-state index contributed by atoms with van der Waals surface area (Å²) in [5, 5.41) is 0. The van der Waals surface area contributed by atoms with Crippen molar-refractivity contribution < 1.29 is 22.3 Å². The summed E-state index contributed by atoms with van der Waals surface area (Å²) in [7, 11) is -2.29. The molecule has 2 saturated heterocycles. The Hall–Kier alpha value is -1.67. The minimum Gasteiger partial charge on any atom is -0.438 e. The average molecular weight is 300 g/mol. The average Bonchev–Trinajstić information content (AvgIpc) is 2.64. The molecule has 108 valence electrons. The fourth-order valence-electron chi connectivity index (χ4n) is 2.52. The molecule has 2 aliphatic rings. The van der Waals surface area contributed by atoms with Crippen molar-refractivity contribution in [2.75, 3.05) is 26.7 Å². The van der Waals surface area contributed by atoms with Crippen LogP contribution in [0.1, 0.15) is 0 Å². The summed E-state index contributed by atoms with van der Waals surface area (Å²) >= 11 is 0. The molecule has 0 saturated carbocycles. The minimum absolute atomic E-state index is 0.0553. The molecule has 2 heterocycles. The van der Waals surface area contributed by atoms with Crippen LogP contribution in [0.2, 0.25) is 0 Å². The number of halogens is 1. The van der Waals surface area contributed by atoms with Gasteiger partial charge in [0.25, 0.3) is 0 Å². The first kappa shape index (κ1) is 13.3. The van der Waals surface area contributed by atoms with E-state index in [-0.39, 0.29) is 18.0 Å². The molecule has 1 amide bonds. The molecule has 0 radical (unpaired) electrons. The maximum Gasteiger partial charge on any atom is 0.410 e. The van der Waals surface area contributed by atoms with E-state index in [1.807, 2.05) is 0 Å². The number of hydrogen-bond donors (Lipinski definition) is 0. The van der Waals surface area contributed by atoms with E-state index < -0.39 is 27.5 Å². The van der Waals surface area contributed by atoms with Gasteiger partial charge in [-0.25, -0.2) is 17.6 Å². The maximum absolute atomic E-state index is 13.6. The number of likely N-dealkylation sites (N-methyl/N-ethyl adjacent to an activating group) is 1. The fourth-order valence-corrected chi connectivity index (χ4v) is 4.17. The van der Waals surface area contributed by atoms with Crippen molar-refractivity contribution in [3.8, 4) is 0 Å². The number of nitrogens with zero attached hydrogens (tertiary/aromatic N) is 2. The summed E-state index contributed by atoms with van der Waals surface area (Å²) in [5.41, 5.74) is -0.788. The van der Waals surface area contributed by atoms with Crippen LogP contribution in [0.3, 0.4) is 0 Å². The van der Waals surface area contributed by atoms with Gasteiger partial charge >= 0.3 is 6.09 Å². The summed E-state index contributed by atoms with van der Waals surface area (Å²) < 4.78 is 44.4. The smallest absolute Gasteiger partial charge is 0.410 e. The van der Waals surface area contributed by atoms with E-state index in [1.54, 1.807) is 7.05 Å². The van der Waals surface area contributed by atoms with Gasteiger partial charge in [0.1, 0.15) is 10.7 Å². The Morgan fingerprint density at radius 1 is 1.25 bits per heavy atom. The summed E-state index contributed by atoms with van der Waals surface area (Å²) in [6, 6.07) is 5.23. The third kappa shape index (κ3) is 1.87. The first-order chi connectivity index (χ1) is 9.34. The van der Waals surface area contributed by atoms with Crippen LogP contribution in [-0.4, -0.2) is 56.0 Å². The van der Waals surface area contributed by atoms with Gasteiger partial charge in [0.2, 0.25) is 10.0 Å². The molecule has 3 rings (SSSR count). The van der Waals surface area contributed by atoms with Crippen LogP contribution in [0.4, 0.5) is 9.18 Å². The Morgan fingerprint density at radius 2 is 1.90 bits per heavy atom. The van der Waals surface area contributed by atoms with Gasteiger partial charge in [0.05, 0.1) is 19.6 Å². The number of sulfonamides is 1. The molecule has 2 aliphatic heterocycles. The summed E-state index contributed by atoms with van der Waals surface area (Å²) in [4.78, 5) is 12.4. The van der Waals surface area contributed by atoms with E-state index in [0.29, 0.717) is 6.54 Å². The van der Waals surface area contributed by atoms with Crippen LogP contribution in [0.25, 0.3) is 0 Å². The highest BCUT2D eigenvalue weighted by atomic mass is 32.2. The lowest BCUT2D eigenvalue weighted by atomic mass is 9.97. The first-order valence-electron chi connectivity index (χ1n) is 6.03. The number of ether oxygens (including phenoxy) is 1. The predicted octanol–water partition coefficient (Wildman–Crippen LogP) is 0.651. The monoisotopic (exact) mass is 300 g/mol. The van der Waals surface area contributed by atoms with Crippen molar-refractivity contribution >= 4 is 16.1 Å². The second-order valence-electron chi connectivity index (χ2n) is 5.11. The highest BCUT2D eigenvalue weighted by Gasteiger charge is 2.56. The van der Waals surface area contributed by atoms with Crippen LogP contribution in [-0.2, 0) is 14.8 Å². The van der Waals surface area contributed by atoms with Crippen LogP contribution >= 0.6 is 0 Å². The third-order valence-electron chi connectivity index (χ3n) is 3.52. The van der Waals surface area contributed by atoms with Crippen molar-refractivity contribution in [1.29, 1.82) is 0 Å². The Balaban J connectivity index is 1.80. The molecule has 0 aliphatic carbocycles. The highest BCUT2D eigenvalue weighted by Crippen LogP contribution is 2.35. The molecule has 1 aromatic rings. The van der Waals surface area contributed by atoms with Crippen molar-refractivity contribution in [3.05, 3.63) is 30.1 Å². The van der Waals surface area contributed by atoms with Gasteiger partial charge in [-0.15, -0.1) is 0 Å². The van der Waals surface area contributed by atoms with E-state index in [9.17, 15) is 17.6 Å². The van der Waals surface area contributed by atoms with E-state index in [4.69, 9.17) is 4.74 Å². The molecular formula is C12H13FN2O4S. The standard InChI is InChI=1S/C12H13FN2O4S/c1-14-6-12(19-11(14)16)7-15(8-12)20(17,18)10-5-3-2-4-9(10)13/h2-5H,6-8H2,1H3. The summed E-state index contributed by atoms with van der Waals surface area (Å²) in [6.07, 6.45) is -0.465. The lowest BCUT2D eigenvalue weighted by Gasteiger charge is -2.44. The van der Waals surface area contributed by atoms with Crippen LogP contribution in [0.15, 0.2) is 29.2 Å². The molecule has 0 bridgehead atoms. The molecule has 1 aromatic carbocycles. The first-order valence-corrected chi connectivity index (χ1v) is 7.47. The minimum atomic E-state index is -3.88. The molecule has 0 atom stereocenters. The number of benzene rings is 1. The van der Waals surface area contributed by atoms with Gasteiger partial charge in [0.15, 0.2) is 5.60 Å². The van der Waals surface area contributed by atoms with Gasteiger partial charge in [-0.3, -0.25) is 0 Å². The number of amides is 1. The lowest BCUT2D eigenvalue weighted by molar-refractivity contribution is -0.0336. The topological polar surface area (TPSA) is 66.9 Å². The molecule has 0 unspecified atom stereocenters. The second-order valence-corrected chi connectivity index (χ2v) is 7.02. The number of rotatable bonds is 2. The second kappa shape index (κ2) is 4.16. The zero-order valence-corrected chi connectivity index (χ0v) is 11.6. The highest BCUT2D eigenvalue weighted by molar-refractivity contribution is 7.89. The van der Waals surface area contributed by atoms with Gasteiger partial charge in [0, 0.05) is 7.05 Å². The number of hydrogen-bond acceptors (Lipinski definition) is 4. The Kier molecular flexibility index (Phi) is 2.77. The quantitative estimate of drug-likeness (QED) is 0.804. The number of carbonyl (C=O) groups excluding carboxylic acids is 1. The van der Waals surface area contributed by atoms with E-state index >= 15 is 0 Å². The molecule has 8 heteroatoms. The van der Waals surface area contributed by atoms with Gasteiger partial charge in [-0.05, 0) is 12.1 Å². The van der Waals surface area contributed by atoms with Gasteiger partial charge in [-0.1, -0.05) is 12.1 Å². The molecule has 1 spiro atoms. The van der Waals surface area contributed by atoms with E-state index in [2.05, 4.69) is 0 Å². The molecular weight excluding hydrogens is 287 g/mol.